The number of Topliss-reactive ketones (excluding diaryl/α,β-unsaturated/α-hetero) is 1. The number of carbonyl (C=O) groups excluding carboxylic acids is 1. The lowest BCUT2D eigenvalue weighted by Crippen LogP contribution is -2.29. The van der Waals surface area contributed by atoms with Crippen LogP contribution in [0.25, 0.3) is 0 Å². The van der Waals surface area contributed by atoms with Crippen LogP contribution in [0.4, 0.5) is 5.69 Å². The molecule has 0 aromatic heterocycles. The van der Waals surface area contributed by atoms with Gasteiger partial charge in [0, 0.05) is 12.8 Å². The number of hydrogen-bond acceptors (Lipinski definition) is 4. The first-order valence-electron chi connectivity index (χ1n) is 9.23. The average Bonchev–Trinajstić information content (AvgIpc) is 2.61. The third-order valence-corrected chi connectivity index (χ3v) is 4.71. The van der Waals surface area contributed by atoms with Crippen molar-refractivity contribution in [2.75, 3.05) is 5.01 Å². The summed E-state index contributed by atoms with van der Waals surface area (Å²) in [6.07, 6.45) is 0.911. The van der Waals surface area contributed by atoms with Crippen LogP contribution in [0.3, 0.4) is 0 Å². The number of benzene rings is 2. The van der Waals surface area contributed by atoms with Crippen LogP contribution in [-0.2, 0) is 11.3 Å². The molecule has 27 heavy (non-hydrogen) atoms. The zero-order chi connectivity index (χ0) is 19.4. The minimum absolute atomic E-state index is 0.0438. The fraction of sp³-hybridized carbons (Fsp3) is 0.304. The summed E-state index contributed by atoms with van der Waals surface area (Å²) in [6.45, 7) is 6.37. The molecule has 0 atom stereocenters. The second kappa shape index (κ2) is 7.78. The Labute approximate surface area is 160 Å². The third kappa shape index (κ3) is 4.64. The Morgan fingerprint density at radius 2 is 1.63 bits per heavy atom. The Balaban J connectivity index is 1.96. The number of allylic oxidation sites excluding steroid dienone is 2. The minimum Gasteiger partial charge on any atom is -0.511 e. The van der Waals surface area contributed by atoms with Crippen LogP contribution in [0, 0.1) is 5.41 Å². The van der Waals surface area contributed by atoms with Crippen LogP contribution >= 0.6 is 0 Å². The number of carbonyl (C=O) groups is 1. The highest BCUT2D eigenvalue weighted by atomic mass is 16.3. The molecule has 0 bridgehead atoms. The molecule has 0 saturated heterocycles. The maximum absolute atomic E-state index is 12.6. The van der Waals surface area contributed by atoms with Gasteiger partial charge in [0.2, 0.25) is 0 Å². The number of ketones is 1. The monoisotopic (exact) mass is 362 g/mol. The van der Waals surface area contributed by atoms with E-state index in [1.54, 1.807) is 6.92 Å². The predicted molar refractivity (Wildman–Crippen MR) is 110 cm³/mol. The Kier molecular flexibility index (Phi) is 5.45. The largest absolute Gasteiger partial charge is 0.511 e. The van der Waals surface area contributed by atoms with Crippen molar-refractivity contribution in [2.24, 2.45) is 10.5 Å². The molecule has 0 heterocycles. The summed E-state index contributed by atoms with van der Waals surface area (Å²) in [5, 5.41) is 17.1. The van der Waals surface area contributed by atoms with Gasteiger partial charge in [0.15, 0.2) is 5.78 Å². The fourth-order valence-corrected chi connectivity index (χ4v) is 3.47. The number of anilines is 1. The van der Waals surface area contributed by atoms with Crippen molar-refractivity contribution >= 4 is 17.2 Å². The van der Waals surface area contributed by atoms with Crippen LogP contribution < -0.4 is 5.01 Å². The normalized spacial score (nSPS) is 17.1. The number of aliphatic hydroxyl groups is 1. The second-order valence-electron chi connectivity index (χ2n) is 7.83. The van der Waals surface area contributed by atoms with Crippen LogP contribution in [0.1, 0.15) is 39.2 Å². The molecule has 4 heteroatoms. The molecule has 0 radical (unpaired) electrons. The van der Waals surface area contributed by atoms with Crippen molar-refractivity contribution in [3.63, 3.8) is 0 Å². The topological polar surface area (TPSA) is 52.9 Å². The molecule has 1 aliphatic rings. The van der Waals surface area contributed by atoms with Crippen LogP contribution in [0.2, 0.25) is 0 Å². The Hall–Kier alpha value is -2.88. The highest BCUT2D eigenvalue weighted by molar-refractivity contribution is 6.22. The third-order valence-electron chi connectivity index (χ3n) is 4.71. The van der Waals surface area contributed by atoms with E-state index in [2.05, 4.69) is 0 Å². The number of hydrazone groups is 1. The summed E-state index contributed by atoms with van der Waals surface area (Å²) < 4.78 is 0. The molecule has 0 spiro atoms. The Bertz CT molecular complexity index is 868. The quantitative estimate of drug-likeness (QED) is 0.582. The maximum Gasteiger partial charge on any atom is 0.168 e. The number of nitrogens with zero attached hydrogens (tertiary/aromatic N) is 2. The SMILES string of the molecule is C/C(=N\N(Cc1ccccc1)c1ccccc1)C1=C(O)CC(C)(C)CC1=O. The summed E-state index contributed by atoms with van der Waals surface area (Å²) in [6, 6.07) is 19.9. The van der Waals surface area contributed by atoms with E-state index in [0.717, 1.165) is 11.3 Å². The zero-order valence-electron chi connectivity index (χ0n) is 16.1. The van der Waals surface area contributed by atoms with Crippen LogP contribution in [0.15, 0.2) is 77.1 Å². The minimum atomic E-state index is -0.214. The highest BCUT2D eigenvalue weighted by Gasteiger charge is 2.34. The summed E-state index contributed by atoms with van der Waals surface area (Å²) in [4.78, 5) is 12.6. The summed E-state index contributed by atoms with van der Waals surface area (Å²) >= 11 is 0. The Morgan fingerprint density at radius 1 is 1.04 bits per heavy atom. The highest BCUT2D eigenvalue weighted by Crippen LogP contribution is 2.36. The molecule has 1 aliphatic carbocycles. The number of para-hydroxylation sites is 1. The first-order valence-corrected chi connectivity index (χ1v) is 9.23. The fourth-order valence-electron chi connectivity index (χ4n) is 3.47. The number of hydrogen-bond donors (Lipinski definition) is 1. The maximum atomic E-state index is 12.6. The molecular weight excluding hydrogens is 336 g/mol. The molecule has 1 N–H and O–H groups in total. The lowest BCUT2D eigenvalue weighted by Gasteiger charge is -2.30. The molecular formula is C23H26N2O2. The van der Waals surface area contributed by atoms with Gasteiger partial charge >= 0.3 is 0 Å². The van der Waals surface area contributed by atoms with E-state index in [1.807, 2.05) is 79.5 Å². The molecule has 0 unspecified atom stereocenters. The van der Waals surface area contributed by atoms with Crippen molar-refractivity contribution in [3.05, 3.63) is 77.6 Å². The smallest absolute Gasteiger partial charge is 0.168 e. The molecule has 2 aromatic carbocycles. The van der Waals surface area contributed by atoms with Gasteiger partial charge in [-0.05, 0) is 30.0 Å². The van der Waals surface area contributed by atoms with E-state index < -0.39 is 0 Å². The van der Waals surface area contributed by atoms with Gasteiger partial charge in [0.1, 0.15) is 5.76 Å². The van der Waals surface area contributed by atoms with Crippen molar-refractivity contribution in [3.8, 4) is 0 Å². The van der Waals surface area contributed by atoms with Crippen molar-refractivity contribution in [1.82, 2.24) is 0 Å². The van der Waals surface area contributed by atoms with Gasteiger partial charge in [0.05, 0.1) is 23.5 Å². The lowest BCUT2D eigenvalue weighted by molar-refractivity contribution is -0.117. The number of aliphatic hydroxyl groups excluding tert-OH is 1. The van der Waals surface area contributed by atoms with Gasteiger partial charge in [-0.25, -0.2) is 0 Å². The average molecular weight is 362 g/mol. The Morgan fingerprint density at radius 3 is 2.22 bits per heavy atom. The predicted octanol–water partition coefficient (Wildman–Crippen LogP) is 5.27. The second-order valence-corrected chi connectivity index (χ2v) is 7.83. The molecule has 0 saturated carbocycles. The van der Waals surface area contributed by atoms with Crippen molar-refractivity contribution < 1.29 is 9.90 Å². The van der Waals surface area contributed by atoms with Gasteiger partial charge in [-0.15, -0.1) is 0 Å². The summed E-state index contributed by atoms with van der Waals surface area (Å²) in [5.74, 6) is 0.0999. The van der Waals surface area contributed by atoms with E-state index in [-0.39, 0.29) is 17.0 Å². The molecule has 140 valence electrons. The summed E-state index contributed by atoms with van der Waals surface area (Å²) in [5.41, 5.74) is 2.75. The molecule has 0 amide bonds. The van der Waals surface area contributed by atoms with E-state index in [9.17, 15) is 9.90 Å². The van der Waals surface area contributed by atoms with Gasteiger partial charge < -0.3 is 5.11 Å². The van der Waals surface area contributed by atoms with Crippen LogP contribution in [0.5, 0.6) is 0 Å². The molecule has 4 nitrogen and oxygen atoms in total. The first kappa shape index (κ1) is 18.9. The van der Waals surface area contributed by atoms with Gasteiger partial charge in [0.25, 0.3) is 0 Å². The summed E-state index contributed by atoms with van der Waals surface area (Å²) in [7, 11) is 0. The molecule has 3 rings (SSSR count). The van der Waals surface area contributed by atoms with E-state index >= 15 is 0 Å². The van der Waals surface area contributed by atoms with E-state index in [0.29, 0.717) is 30.7 Å². The molecule has 0 aliphatic heterocycles. The van der Waals surface area contributed by atoms with Crippen molar-refractivity contribution in [2.45, 2.75) is 40.2 Å². The lowest BCUT2D eigenvalue weighted by atomic mass is 9.76. The van der Waals surface area contributed by atoms with E-state index in [4.69, 9.17) is 5.10 Å². The molecule has 0 fully saturated rings. The van der Waals surface area contributed by atoms with Crippen LogP contribution in [-0.4, -0.2) is 16.6 Å². The van der Waals surface area contributed by atoms with Crippen molar-refractivity contribution in [1.29, 1.82) is 0 Å². The van der Waals surface area contributed by atoms with Gasteiger partial charge in [-0.3, -0.25) is 9.80 Å². The number of rotatable bonds is 5. The standard InChI is InChI=1S/C23H26N2O2/c1-17(22-20(26)14-23(2,3)15-21(22)27)24-25(19-12-8-5-9-13-19)16-18-10-6-4-7-11-18/h4-13,26H,14-16H2,1-3H3/b24-17+. The van der Waals surface area contributed by atoms with E-state index in [1.165, 1.54) is 0 Å². The first-order chi connectivity index (χ1) is 12.9. The zero-order valence-corrected chi connectivity index (χ0v) is 16.1. The molecule has 2 aromatic rings. The van der Waals surface area contributed by atoms with Gasteiger partial charge in [-0.2, -0.15) is 5.10 Å². The van der Waals surface area contributed by atoms with Gasteiger partial charge in [-0.1, -0.05) is 62.4 Å².